The van der Waals surface area contributed by atoms with Crippen LogP contribution in [-0.2, 0) is 4.74 Å². The summed E-state index contributed by atoms with van der Waals surface area (Å²) >= 11 is 0. The zero-order valence-corrected chi connectivity index (χ0v) is 11.3. The number of fused-ring (bicyclic) bond motifs is 1. The Morgan fingerprint density at radius 1 is 1.33 bits per heavy atom. The Kier molecular flexibility index (Phi) is 3.72. The summed E-state index contributed by atoms with van der Waals surface area (Å²) in [6, 6.07) is 6.61. The molecule has 6 heteroatoms. The molecule has 1 aliphatic heterocycles. The molecule has 0 unspecified atom stereocenters. The summed E-state index contributed by atoms with van der Waals surface area (Å²) in [6.45, 7) is 0.728. The first-order valence-electron chi connectivity index (χ1n) is 6.84. The predicted molar refractivity (Wildman–Crippen MR) is 77.3 cm³/mol. The molecular formula is C15H16N2O4. The number of benzene rings is 1. The van der Waals surface area contributed by atoms with E-state index in [1.54, 1.807) is 24.3 Å². The Morgan fingerprint density at radius 3 is 2.86 bits per heavy atom. The van der Waals surface area contributed by atoms with Gasteiger partial charge in [0.25, 0.3) is 11.5 Å². The van der Waals surface area contributed by atoms with E-state index in [4.69, 9.17) is 4.74 Å². The Balaban J connectivity index is 1.91. The fraction of sp³-hybridized carbons (Fsp3) is 0.333. The highest BCUT2D eigenvalue weighted by atomic mass is 16.5. The van der Waals surface area contributed by atoms with Crippen molar-refractivity contribution in [3.05, 3.63) is 46.4 Å². The second-order valence-electron chi connectivity index (χ2n) is 5.09. The minimum absolute atomic E-state index is 0.220. The number of ether oxygens (including phenoxy) is 1. The second-order valence-corrected chi connectivity index (χ2v) is 5.09. The van der Waals surface area contributed by atoms with Gasteiger partial charge in [-0.2, -0.15) is 0 Å². The van der Waals surface area contributed by atoms with E-state index >= 15 is 0 Å². The van der Waals surface area contributed by atoms with E-state index in [-0.39, 0.29) is 24.1 Å². The molecule has 0 spiro atoms. The van der Waals surface area contributed by atoms with Crippen LogP contribution in [0.15, 0.2) is 35.3 Å². The second kappa shape index (κ2) is 5.67. The molecule has 1 fully saturated rings. The molecule has 21 heavy (non-hydrogen) atoms. The molecule has 1 aromatic carbocycles. The minimum Gasteiger partial charge on any atom is -0.389 e. The zero-order chi connectivity index (χ0) is 14.8. The van der Waals surface area contributed by atoms with E-state index in [1.165, 1.54) is 6.20 Å². The number of aliphatic hydroxyl groups is 1. The van der Waals surface area contributed by atoms with Gasteiger partial charge in [-0.1, -0.05) is 18.2 Å². The standard InChI is InChI=1S/C15H16N2O4/c18-13-8-21-6-5-12(13)17-15(20)11-7-16-14(19)10-4-2-1-3-9(10)11/h1-4,7,12-13,18H,5-6,8H2,(H,16,19)(H,17,20)/t12-,13-/m1/s1. The van der Waals surface area contributed by atoms with E-state index in [2.05, 4.69) is 10.3 Å². The van der Waals surface area contributed by atoms with Crippen LogP contribution in [0, 0.1) is 0 Å². The third-order valence-electron chi connectivity index (χ3n) is 3.70. The lowest BCUT2D eigenvalue weighted by molar-refractivity contribution is -0.0260. The van der Waals surface area contributed by atoms with Gasteiger partial charge in [-0.25, -0.2) is 0 Å². The van der Waals surface area contributed by atoms with Crippen molar-refractivity contribution in [2.75, 3.05) is 13.2 Å². The molecule has 2 atom stereocenters. The summed E-state index contributed by atoms with van der Waals surface area (Å²) in [6.07, 6.45) is 1.26. The van der Waals surface area contributed by atoms with Crippen LogP contribution in [-0.4, -0.2) is 41.4 Å². The normalized spacial score (nSPS) is 22.1. The molecule has 3 rings (SSSR count). The lowest BCUT2D eigenvalue weighted by Gasteiger charge is -2.28. The van der Waals surface area contributed by atoms with Crippen LogP contribution in [0.3, 0.4) is 0 Å². The quantitative estimate of drug-likeness (QED) is 0.746. The smallest absolute Gasteiger partial charge is 0.255 e. The number of nitrogens with one attached hydrogen (secondary N) is 2. The van der Waals surface area contributed by atoms with Crippen molar-refractivity contribution < 1.29 is 14.6 Å². The van der Waals surface area contributed by atoms with Gasteiger partial charge in [-0.05, 0) is 12.5 Å². The van der Waals surface area contributed by atoms with Crippen molar-refractivity contribution in [1.82, 2.24) is 10.3 Å². The average molecular weight is 288 g/mol. The van der Waals surface area contributed by atoms with Gasteiger partial charge < -0.3 is 20.1 Å². The average Bonchev–Trinajstić information content (AvgIpc) is 2.50. The Bertz CT molecular complexity index is 725. The van der Waals surface area contributed by atoms with Crippen LogP contribution >= 0.6 is 0 Å². The molecule has 110 valence electrons. The highest BCUT2D eigenvalue weighted by Gasteiger charge is 2.26. The van der Waals surface area contributed by atoms with E-state index in [9.17, 15) is 14.7 Å². The maximum atomic E-state index is 12.4. The molecule has 3 N–H and O–H groups in total. The minimum atomic E-state index is -0.711. The van der Waals surface area contributed by atoms with E-state index < -0.39 is 6.10 Å². The SMILES string of the molecule is O=C(N[C@@H]1CCOC[C@H]1O)c1c[nH]c(=O)c2ccccc12. The van der Waals surface area contributed by atoms with Crippen LogP contribution in [0.4, 0.5) is 0 Å². The summed E-state index contributed by atoms with van der Waals surface area (Å²) < 4.78 is 5.14. The molecule has 1 saturated heterocycles. The van der Waals surface area contributed by atoms with Gasteiger partial charge in [0, 0.05) is 23.6 Å². The van der Waals surface area contributed by atoms with Gasteiger partial charge in [0.1, 0.15) is 0 Å². The van der Waals surface area contributed by atoms with E-state index in [1.807, 2.05) is 0 Å². The van der Waals surface area contributed by atoms with Crippen LogP contribution in [0.5, 0.6) is 0 Å². The van der Waals surface area contributed by atoms with E-state index in [0.29, 0.717) is 29.4 Å². The topological polar surface area (TPSA) is 91.4 Å². The molecule has 1 aromatic heterocycles. The van der Waals surface area contributed by atoms with Crippen LogP contribution in [0.2, 0.25) is 0 Å². The molecular weight excluding hydrogens is 272 g/mol. The van der Waals surface area contributed by atoms with Crippen molar-refractivity contribution in [1.29, 1.82) is 0 Å². The van der Waals surface area contributed by atoms with Crippen molar-refractivity contribution in [3.8, 4) is 0 Å². The Labute approximate surface area is 120 Å². The van der Waals surface area contributed by atoms with Crippen LogP contribution in [0.25, 0.3) is 10.8 Å². The number of carbonyl (C=O) groups is 1. The van der Waals surface area contributed by atoms with Crippen molar-refractivity contribution in [3.63, 3.8) is 0 Å². The number of rotatable bonds is 2. The first-order valence-corrected chi connectivity index (χ1v) is 6.84. The molecule has 0 bridgehead atoms. The molecule has 1 aliphatic rings. The van der Waals surface area contributed by atoms with Crippen molar-refractivity contribution in [2.24, 2.45) is 0 Å². The van der Waals surface area contributed by atoms with Crippen molar-refractivity contribution in [2.45, 2.75) is 18.6 Å². The Hall–Kier alpha value is -2.18. The predicted octanol–water partition coefficient (Wildman–Crippen LogP) is 0.408. The Morgan fingerprint density at radius 2 is 2.10 bits per heavy atom. The van der Waals surface area contributed by atoms with Gasteiger partial charge >= 0.3 is 0 Å². The van der Waals surface area contributed by atoms with E-state index in [0.717, 1.165) is 0 Å². The number of amides is 1. The molecule has 0 aliphatic carbocycles. The van der Waals surface area contributed by atoms with Crippen LogP contribution in [0.1, 0.15) is 16.8 Å². The largest absolute Gasteiger partial charge is 0.389 e. The zero-order valence-electron chi connectivity index (χ0n) is 11.3. The number of aromatic nitrogens is 1. The first-order chi connectivity index (χ1) is 10.2. The monoisotopic (exact) mass is 288 g/mol. The fourth-order valence-corrected chi connectivity index (χ4v) is 2.53. The summed E-state index contributed by atoms with van der Waals surface area (Å²) in [4.78, 5) is 26.7. The molecule has 2 aromatic rings. The number of aliphatic hydroxyl groups excluding tert-OH is 1. The lowest BCUT2D eigenvalue weighted by atomic mass is 10.0. The van der Waals surface area contributed by atoms with Crippen molar-refractivity contribution >= 4 is 16.7 Å². The summed E-state index contributed by atoms with van der Waals surface area (Å²) in [5.74, 6) is -0.312. The maximum Gasteiger partial charge on any atom is 0.255 e. The lowest BCUT2D eigenvalue weighted by Crippen LogP contribution is -2.48. The molecule has 6 nitrogen and oxygen atoms in total. The van der Waals surface area contributed by atoms with Gasteiger partial charge in [-0.3, -0.25) is 9.59 Å². The molecule has 2 heterocycles. The highest BCUT2D eigenvalue weighted by molar-refractivity contribution is 6.06. The molecule has 0 radical (unpaired) electrons. The fourth-order valence-electron chi connectivity index (χ4n) is 2.53. The number of aromatic amines is 1. The van der Waals surface area contributed by atoms with Gasteiger partial charge in [0.2, 0.25) is 0 Å². The number of H-pyrrole nitrogens is 1. The van der Waals surface area contributed by atoms with Gasteiger partial charge in [0.05, 0.1) is 24.3 Å². The molecule has 0 saturated carbocycles. The third-order valence-corrected chi connectivity index (χ3v) is 3.70. The summed E-state index contributed by atoms with van der Waals surface area (Å²) in [7, 11) is 0. The number of hydrogen-bond acceptors (Lipinski definition) is 4. The van der Waals surface area contributed by atoms with Gasteiger partial charge in [0.15, 0.2) is 0 Å². The highest BCUT2D eigenvalue weighted by Crippen LogP contribution is 2.15. The third kappa shape index (κ3) is 2.68. The number of carbonyl (C=O) groups excluding carboxylic acids is 1. The maximum absolute atomic E-state index is 12.4. The first kappa shape index (κ1) is 13.8. The number of hydrogen-bond donors (Lipinski definition) is 3. The summed E-state index contributed by atoms with van der Waals surface area (Å²) in [5, 5.41) is 13.7. The van der Waals surface area contributed by atoms with Crippen LogP contribution < -0.4 is 10.9 Å². The summed E-state index contributed by atoms with van der Waals surface area (Å²) in [5.41, 5.74) is 0.164. The number of pyridine rings is 1. The molecule has 1 amide bonds. The van der Waals surface area contributed by atoms with Gasteiger partial charge in [-0.15, -0.1) is 0 Å².